The number of aliphatic hydroxyl groups is 1. The molecule has 3 aliphatic heterocycles. The van der Waals surface area contributed by atoms with Crippen LogP contribution in [0.3, 0.4) is 0 Å². The number of carbonyl (C=O) groups is 1. The van der Waals surface area contributed by atoms with Crippen molar-refractivity contribution in [1.82, 2.24) is 9.80 Å². The third kappa shape index (κ3) is 4.36. The number of hydrogen-bond acceptors (Lipinski definition) is 4. The van der Waals surface area contributed by atoms with E-state index in [4.69, 9.17) is 4.74 Å². The molecule has 1 atom stereocenters. The topological polar surface area (TPSA) is 53.0 Å². The van der Waals surface area contributed by atoms with Crippen LogP contribution in [0.4, 0.5) is 0 Å². The summed E-state index contributed by atoms with van der Waals surface area (Å²) in [4.78, 5) is 17.2. The molecule has 3 saturated heterocycles. The number of likely N-dealkylation sites (tertiary alicyclic amines) is 2. The molecule has 0 saturated carbocycles. The Morgan fingerprint density at radius 3 is 2.67 bits per heavy atom. The first-order valence-electron chi connectivity index (χ1n) is 10.4. The lowest BCUT2D eigenvalue weighted by molar-refractivity contribution is 0.0302. The van der Waals surface area contributed by atoms with Crippen molar-refractivity contribution < 1.29 is 14.6 Å². The Morgan fingerprint density at radius 2 is 1.96 bits per heavy atom. The molecule has 5 nitrogen and oxygen atoms in total. The number of ether oxygens (including phenoxy) is 1. The van der Waals surface area contributed by atoms with Crippen molar-refractivity contribution >= 4 is 5.91 Å². The van der Waals surface area contributed by atoms with E-state index >= 15 is 0 Å². The van der Waals surface area contributed by atoms with Crippen LogP contribution in [-0.2, 0) is 4.74 Å². The van der Waals surface area contributed by atoms with Gasteiger partial charge in [0.25, 0.3) is 5.91 Å². The minimum atomic E-state index is -0.118. The highest BCUT2D eigenvalue weighted by molar-refractivity contribution is 5.94. The third-order valence-electron chi connectivity index (χ3n) is 6.68. The molecule has 27 heavy (non-hydrogen) atoms. The van der Waals surface area contributed by atoms with Gasteiger partial charge in [0.15, 0.2) is 0 Å². The van der Waals surface area contributed by atoms with Crippen LogP contribution in [0.15, 0.2) is 24.3 Å². The van der Waals surface area contributed by atoms with Gasteiger partial charge in [-0.05, 0) is 56.6 Å². The lowest BCUT2D eigenvalue weighted by Gasteiger charge is -2.38. The minimum absolute atomic E-state index is 0.118. The fourth-order valence-electron chi connectivity index (χ4n) is 4.90. The fourth-order valence-corrected chi connectivity index (χ4v) is 4.90. The Kier molecular flexibility index (Phi) is 5.53. The number of aliphatic hydroxyl groups excluding tert-OH is 1. The molecule has 3 fully saturated rings. The summed E-state index contributed by atoms with van der Waals surface area (Å²) in [5.74, 6) is 0.163. The summed E-state index contributed by atoms with van der Waals surface area (Å²) in [6.45, 7) is 7.47. The van der Waals surface area contributed by atoms with Crippen molar-refractivity contribution in [3.05, 3.63) is 35.4 Å². The quantitative estimate of drug-likeness (QED) is 0.886. The molecular formula is C22H32N2O3. The summed E-state index contributed by atoms with van der Waals surface area (Å²) in [7, 11) is 0. The molecule has 0 unspecified atom stereocenters. The number of aryl methyl sites for hydroxylation is 1. The second kappa shape index (κ2) is 7.90. The molecule has 1 aromatic carbocycles. The number of benzene rings is 1. The van der Waals surface area contributed by atoms with E-state index in [-0.39, 0.29) is 17.4 Å². The van der Waals surface area contributed by atoms with E-state index < -0.39 is 0 Å². The highest BCUT2D eigenvalue weighted by Gasteiger charge is 2.43. The summed E-state index contributed by atoms with van der Waals surface area (Å²) in [5, 5.41) is 9.66. The van der Waals surface area contributed by atoms with Gasteiger partial charge in [-0.2, -0.15) is 0 Å². The summed E-state index contributed by atoms with van der Waals surface area (Å²) in [6, 6.07) is 7.89. The highest BCUT2D eigenvalue weighted by Crippen LogP contribution is 2.42. The van der Waals surface area contributed by atoms with Crippen LogP contribution in [0.25, 0.3) is 0 Å². The molecule has 0 radical (unpaired) electrons. The molecule has 3 heterocycles. The lowest BCUT2D eigenvalue weighted by Crippen LogP contribution is -2.44. The van der Waals surface area contributed by atoms with Crippen molar-refractivity contribution in [3.8, 4) is 0 Å². The van der Waals surface area contributed by atoms with Crippen LogP contribution in [0.1, 0.15) is 48.0 Å². The molecule has 5 heteroatoms. The molecule has 1 amide bonds. The molecule has 0 aliphatic carbocycles. The predicted molar refractivity (Wildman–Crippen MR) is 105 cm³/mol. The van der Waals surface area contributed by atoms with Gasteiger partial charge in [0.05, 0.1) is 18.8 Å². The first-order valence-corrected chi connectivity index (χ1v) is 10.4. The average Bonchev–Trinajstić information content (AvgIpc) is 3.06. The molecule has 3 aliphatic rings. The maximum absolute atomic E-state index is 12.8. The summed E-state index contributed by atoms with van der Waals surface area (Å²) in [6.07, 6.45) is 5.14. The highest BCUT2D eigenvalue weighted by atomic mass is 16.5. The zero-order valence-corrected chi connectivity index (χ0v) is 16.4. The van der Waals surface area contributed by atoms with E-state index in [9.17, 15) is 9.90 Å². The van der Waals surface area contributed by atoms with Gasteiger partial charge in [-0.15, -0.1) is 0 Å². The number of piperidine rings is 2. The second-order valence-corrected chi connectivity index (χ2v) is 8.83. The summed E-state index contributed by atoms with van der Waals surface area (Å²) >= 11 is 0. The normalized spacial score (nSPS) is 26.6. The third-order valence-corrected chi connectivity index (χ3v) is 6.68. The SMILES string of the molecule is Cc1cccc(C(=O)N2CCC3(CC2)CO[C@@H](CN2CCC(O)CC2)C3)c1. The van der Waals surface area contributed by atoms with Crippen LogP contribution < -0.4 is 0 Å². The molecule has 1 spiro atoms. The molecule has 0 bridgehead atoms. The number of carbonyl (C=O) groups excluding carboxylic acids is 1. The fraction of sp³-hybridized carbons (Fsp3) is 0.682. The van der Waals surface area contributed by atoms with Gasteiger partial charge in [-0.25, -0.2) is 0 Å². The largest absolute Gasteiger partial charge is 0.393 e. The standard InChI is InChI=1S/C22H32N2O3/c1-17-3-2-4-18(13-17)21(26)24-11-7-22(8-12-24)14-20(27-16-22)15-23-9-5-19(25)6-10-23/h2-4,13,19-20,25H,5-12,14-16H2,1H3/t20-/m1/s1. The van der Waals surface area contributed by atoms with E-state index in [0.717, 1.165) is 82.6 Å². The van der Waals surface area contributed by atoms with Crippen molar-refractivity contribution in [2.24, 2.45) is 5.41 Å². The average molecular weight is 373 g/mol. The molecular weight excluding hydrogens is 340 g/mol. The predicted octanol–water partition coefficient (Wildman–Crippen LogP) is 2.46. The minimum Gasteiger partial charge on any atom is -0.393 e. The van der Waals surface area contributed by atoms with E-state index in [1.54, 1.807) is 0 Å². The molecule has 1 N–H and O–H groups in total. The molecule has 0 aromatic heterocycles. The van der Waals surface area contributed by atoms with Crippen molar-refractivity contribution in [1.29, 1.82) is 0 Å². The van der Waals surface area contributed by atoms with Crippen molar-refractivity contribution in [2.45, 2.75) is 51.2 Å². The van der Waals surface area contributed by atoms with Crippen LogP contribution in [-0.4, -0.2) is 72.4 Å². The first-order chi connectivity index (χ1) is 13.0. The lowest BCUT2D eigenvalue weighted by atomic mass is 9.76. The monoisotopic (exact) mass is 372 g/mol. The van der Waals surface area contributed by atoms with Gasteiger partial charge < -0.3 is 19.6 Å². The van der Waals surface area contributed by atoms with Gasteiger partial charge >= 0.3 is 0 Å². The van der Waals surface area contributed by atoms with E-state index in [2.05, 4.69) is 4.90 Å². The second-order valence-electron chi connectivity index (χ2n) is 8.83. The Bertz CT molecular complexity index is 661. The van der Waals surface area contributed by atoms with Crippen LogP contribution in [0.2, 0.25) is 0 Å². The van der Waals surface area contributed by atoms with Gasteiger partial charge in [0, 0.05) is 38.3 Å². The van der Waals surface area contributed by atoms with E-state index in [1.807, 2.05) is 36.1 Å². The van der Waals surface area contributed by atoms with Crippen LogP contribution in [0.5, 0.6) is 0 Å². The molecule has 4 rings (SSSR count). The molecule has 148 valence electrons. The smallest absolute Gasteiger partial charge is 0.253 e. The Balaban J connectivity index is 1.28. The maximum Gasteiger partial charge on any atom is 0.253 e. The van der Waals surface area contributed by atoms with Gasteiger partial charge in [-0.1, -0.05) is 17.7 Å². The van der Waals surface area contributed by atoms with Crippen LogP contribution in [0, 0.1) is 12.3 Å². The Morgan fingerprint density at radius 1 is 1.22 bits per heavy atom. The Labute approximate surface area is 162 Å². The van der Waals surface area contributed by atoms with Gasteiger partial charge in [-0.3, -0.25) is 4.79 Å². The zero-order chi connectivity index (χ0) is 18.9. The summed E-state index contributed by atoms with van der Waals surface area (Å²) < 4.78 is 6.16. The van der Waals surface area contributed by atoms with E-state index in [1.165, 1.54) is 0 Å². The van der Waals surface area contributed by atoms with Crippen molar-refractivity contribution in [3.63, 3.8) is 0 Å². The number of rotatable bonds is 3. The number of amides is 1. The van der Waals surface area contributed by atoms with Gasteiger partial charge in [0.1, 0.15) is 0 Å². The first kappa shape index (κ1) is 18.9. The zero-order valence-electron chi connectivity index (χ0n) is 16.4. The maximum atomic E-state index is 12.8. The van der Waals surface area contributed by atoms with Crippen LogP contribution >= 0.6 is 0 Å². The Hall–Kier alpha value is -1.43. The number of hydrogen-bond donors (Lipinski definition) is 1. The van der Waals surface area contributed by atoms with Crippen molar-refractivity contribution in [2.75, 3.05) is 39.3 Å². The van der Waals surface area contributed by atoms with Gasteiger partial charge in [0.2, 0.25) is 0 Å². The number of nitrogens with zero attached hydrogens (tertiary/aromatic N) is 2. The van der Waals surface area contributed by atoms with E-state index in [0.29, 0.717) is 6.10 Å². The summed E-state index contributed by atoms with van der Waals surface area (Å²) in [5.41, 5.74) is 2.19. The molecule has 1 aromatic rings.